The largest absolute Gasteiger partial charge is 0.394 e. The zero-order valence-corrected chi connectivity index (χ0v) is 19.1. The van der Waals surface area contributed by atoms with Gasteiger partial charge in [-0.05, 0) is 36.5 Å². The number of aliphatic hydroxyl groups excluding tert-OH is 3. The number of carbonyl (C=O) groups excluding carboxylic acids is 1. The van der Waals surface area contributed by atoms with E-state index >= 15 is 0 Å². The molecule has 0 bridgehead atoms. The smallest absolute Gasteiger partial charge is 0.217 e. The summed E-state index contributed by atoms with van der Waals surface area (Å²) >= 11 is 12.2. The van der Waals surface area contributed by atoms with Crippen molar-refractivity contribution < 1.29 is 24.9 Å². The van der Waals surface area contributed by atoms with Crippen molar-refractivity contribution in [3.8, 4) is 17.1 Å². The summed E-state index contributed by atoms with van der Waals surface area (Å²) in [4.78, 5) is 11.8. The van der Waals surface area contributed by atoms with Gasteiger partial charge in [0.15, 0.2) is 12.1 Å². The third-order valence-corrected chi connectivity index (χ3v) is 6.14. The third kappa shape index (κ3) is 4.45. The van der Waals surface area contributed by atoms with E-state index < -0.39 is 43.1 Å². The molecule has 2 aromatic carbocycles. The van der Waals surface area contributed by atoms with Gasteiger partial charge in [0, 0.05) is 18.2 Å². The summed E-state index contributed by atoms with van der Waals surface area (Å²) in [7, 11) is 0. The van der Waals surface area contributed by atoms with E-state index in [9.17, 15) is 20.1 Å². The standard InChI is InChI=1S/C22H23ClN4O5S/c1-12(29)24-17-19(31)18(30)16(11-28)32-21(17)27-22(33)26(13-7-3-2-4-8-13)20(25-27)14-9-5-6-10-15(14)23/h2-10,16-19,21,28,30-31H,11H2,1H3,(H,24,29)/t16-,17+,18+,19-,21-/m0/s1. The van der Waals surface area contributed by atoms with Crippen LogP contribution in [-0.4, -0.2) is 66.5 Å². The number of nitrogens with zero attached hydrogens (tertiary/aromatic N) is 3. The second kappa shape index (κ2) is 9.72. The number of amides is 1. The van der Waals surface area contributed by atoms with Crippen molar-refractivity contribution in [1.29, 1.82) is 0 Å². The number of aromatic nitrogens is 3. The monoisotopic (exact) mass is 490 g/mol. The van der Waals surface area contributed by atoms with Crippen molar-refractivity contribution in [3.05, 3.63) is 64.4 Å². The van der Waals surface area contributed by atoms with Crippen LogP contribution in [0.1, 0.15) is 13.2 Å². The Balaban J connectivity index is 1.92. The quantitative estimate of drug-likeness (QED) is 0.402. The highest BCUT2D eigenvalue weighted by atomic mass is 35.5. The zero-order chi connectivity index (χ0) is 23.7. The number of para-hydroxylation sites is 1. The maximum absolute atomic E-state index is 11.8. The number of halogens is 1. The predicted molar refractivity (Wildman–Crippen MR) is 123 cm³/mol. The topological polar surface area (TPSA) is 122 Å². The molecule has 0 spiro atoms. The minimum Gasteiger partial charge on any atom is -0.394 e. The van der Waals surface area contributed by atoms with Gasteiger partial charge < -0.3 is 25.4 Å². The molecular formula is C22H23ClN4O5S. The van der Waals surface area contributed by atoms with Crippen molar-refractivity contribution in [2.45, 2.75) is 37.5 Å². The molecule has 0 radical (unpaired) electrons. The van der Waals surface area contributed by atoms with Gasteiger partial charge in [0.2, 0.25) is 10.7 Å². The van der Waals surface area contributed by atoms with Crippen LogP contribution in [0.25, 0.3) is 17.1 Å². The van der Waals surface area contributed by atoms with Gasteiger partial charge in [-0.15, -0.1) is 5.10 Å². The molecule has 1 aliphatic rings. The van der Waals surface area contributed by atoms with Gasteiger partial charge in [-0.3, -0.25) is 9.36 Å². The lowest BCUT2D eigenvalue weighted by Gasteiger charge is -2.42. The second-order valence-electron chi connectivity index (χ2n) is 7.66. The molecule has 1 aliphatic heterocycles. The molecule has 3 aromatic rings. The van der Waals surface area contributed by atoms with E-state index in [0.29, 0.717) is 16.4 Å². The number of rotatable bonds is 5. The minimum absolute atomic E-state index is 0.205. The van der Waals surface area contributed by atoms with Gasteiger partial charge in [0.05, 0.1) is 11.6 Å². The van der Waals surface area contributed by atoms with Gasteiger partial charge >= 0.3 is 0 Å². The number of hydrogen-bond acceptors (Lipinski definition) is 7. The number of hydrogen-bond donors (Lipinski definition) is 4. The first-order chi connectivity index (χ1) is 15.8. The summed E-state index contributed by atoms with van der Waals surface area (Å²) in [5.74, 6) is -0.0224. The maximum Gasteiger partial charge on any atom is 0.217 e. The number of carbonyl (C=O) groups is 1. The van der Waals surface area contributed by atoms with Crippen molar-refractivity contribution in [2.75, 3.05) is 6.61 Å². The normalized spacial score (nSPS) is 25.1. The van der Waals surface area contributed by atoms with E-state index in [2.05, 4.69) is 10.4 Å². The lowest BCUT2D eigenvalue weighted by atomic mass is 9.96. The molecule has 1 fully saturated rings. The molecule has 9 nitrogen and oxygen atoms in total. The molecule has 5 atom stereocenters. The molecule has 0 unspecified atom stereocenters. The van der Waals surface area contributed by atoms with Crippen molar-refractivity contribution in [1.82, 2.24) is 19.7 Å². The molecule has 0 saturated carbocycles. The van der Waals surface area contributed by atoms with E-state index in [1.807, 2.05) is 36.4 Å². The first-order valence-corrected chi connectivity index (χ1v) is 11.0. The Morgan fingerprint density at radius 2 is 1.82 bits per heavy atom. The van der Waals surface area contributed by atoms with Crippen molar-refractivity contribution in [2.24, 2.45) is 0 Å². The first-order valence-electron chi connectivity index (χ1n) is 10.2. The average Bonchev–Trinajstić information content (AvgIpc) is 3.14. The van der Waals surface area contributed by atoms with Crippen LogP contribution in [-0.2, 0) is 9.53 Å². The van der Waals surface area contributed by atoms with Crippen LogP contribution >= 0.6 is 23.8 Å². The lowest BCUT2D eigenvalue weighted by Crippen LogP contribution is -2.62. The van der Waals surface area contributed by atoms with Crippen LogP contribution in [0.2, 0.25) is 5.02 Å². The number of benzene rings is 2. The Hall–Kier alpha value is -2.60. The van der Waals surface area contributed by atoms with Crippen LogP contribution in [0, 0.1) is 4.77 Å². The van der Waals surface area contributed by atoms with Crippen LogP contribution in [0.4, 0.5) is 0 Å². The Morgan fingerprint density at radius 3 is 2.45 bits per heavy atom. The van der Waals surface area contributed by atoms with E-state index in [-0.39, 0.29) is 4.77 Å². The summed E-state index contributed by atoms with van der Waals surface area (Å²) in [6.45, 7) is 0.733. The molecule has 4 N–H and O–H groups in total. The summed E-state index contributed by atoms with van der Waals surface area (Å²) in [5, 5.41) is 38.4. The van der Waals surface area contributed by atoms with Crippen LogP contribution in [0.3, 0.4) is 0 Å². The van der Waals surface area contributed by atoms with Gasteiger partial charge in [-0.2, -0.15) is 0 Å². The predicted octanol–water partition coefficient (Wildman–Crippen LogP) is 1.84. The molecule has 2 heterocycles. The van der Waals surface area contributed by atoms with Gasteiger partial charge in [-0.25, -0.2) is 4.68 Å². The van der Waals surface area contributed by atoms with Gasteiger partial charge in [-0.1, -0.05) is 41.9 Å². The Kier molecular flexibility index (Phi) is 6.94. The van der Waals surface area contributed by atoms with E-state index in [4.69, 9.17) is 28.6 Å². The average molecular weight is 491 g/mol. The molecule has 4 rings (SSSR count). The molecule has 33 heavy (non-hydrogen) atoms. The summed E-state index contributed by atoms with van der Waals surface area (Å²) < 4.78 is 9.14. The zero-order valence-electron chi connectivity index (χ0n) is 17.6. The van der Waals surface area contributed by atoms with Crippen LogP contribution < -0.4 is 5.32 Å². The summed E-state index contributed by atoms with van der Waals surface area (Å²) in [5.41, 5.74) is 1.33. The minimum atomic E-state index is -1.43. The van der Waals surface area contributed by atoms with E-state index in [1.54, 1.807) is 22.8 Å². The number of aliphatic hydroxyl groups is 3. The van der Waals surface area contributed by atoms with E-state index in [0.717, 1.165) is 5.69 Å². The van der Waals surface area contributed by atoms with E-state index in [1.165, 1.54) is 11.6 Å². The highest BCUT2D eigenvalue weighted by Gasteiger charge is 2.46. The molecular weight excluding hydrogens is 468 g/mol. The molecule has 0 aliphatic carbocycles. The van der Waals surface area contributed by atoms with Gasteiger partial charge in [0.1, 0.15) is 24.4 Å². The molecule has 1 amide bonds. The summed E-state index contributed by atoms with van der Waals surface area (Å²) in [6, 6.07) is 15.3. The highest BCUT2D eigenvalue weighted by molar-refractivity contribution is 7.71. The lowest BCUT2D eigenvalue weighted by molar-refractivity contribution is -0.219. The van der Waals surface area contributed by atoms with Crippen molar-refractivity contribution >= 4 is 29.7 Å². The second-order valence-corrected chi connectivity index (χ2v) is 8.43. The molecule has 174 valence electrons. The fourth-order valence-electron chi connectivity index (χ4n) is 3.87. The third-order valence-electron chi connectivity index (χ3n) is 5.44. The highest BCUT2D eigenvalue weighted by Crippen LogP contribution is 2.33. The Labute approximate surface area is 199 Å². The SMILES string of the molecule is CC(=O)N[C@@H]1[C@H](O)[C@H](O)[C@H](CO)O[C@@H]1n1nc(-c2ccccc2Cl)n(-c2ccccc2)c1=S. The number of ether oxygens (including phenoxy) is 1. The van der Waals surface area contributed by atoms with Gasteiger partial charge in [0.25, 0.3) is 0 Å². The molecule has 1 aromatic heterocycles. The number of nitrogens with one attached hydrogen (secondary N) is 1. The van der Waals surface area contributed by atoms with Crippen LogP contribution in [0.5, 0.6) is 0 Å². The fraction of sp³-hybridized carbons (Fsp3) is 0.318. The summed E-state index contributed by atoms with van der Waals surface area (Å²) in [6.07, 6.45) is -5.07. The fourth-order valence-corrected chi connectivity index (χ4v) is 4.43. The Morgan fingerprint density at radius 1 is 1.15 bits per heavy atom. The molecule has 11 heteroatoms. The van der Waals surface area contributed by atoms with Crippen LogP contribution in [0.15, 0.2) is 54.6 Å². The molecule has 1 saturated heterocycles. The van der Waals surface area contributed by atoms with Crippen molar-refractivity contribution in [3.63, 3.8) is 0 Å². The first kappa shape index (κ1) is 23.6. The maximum atomic E-state index is 11.8. The Bertz CT molecular complexity index is 1200.